The number of halogens is 1. The largest absolute Gasteiger partial charge is 0.355 e. The lowest BCUT2D eigenvalue weighted by Gasteiger charge is -2.21. The fraction of sp³-hybridized carbons (Fsp3) is 0.889. The molecule has 0 aromatic heterocycles. The van der Waals surface area contributed by atoms with E-state index in [-0.39, 0.29) is 35.8 Å². The molecule has 1 aliphatic carbocycles. The molecule has 1 unspecified atom stereocenters. The van der Waals surface area contributed by atoms with Crippen LogP contribution in [-0.2, 0) is 4.79 Å². The molecule has 24 heavy (non-hydrogen) atoms. The average molecular weight is 452 g/mol. The SMILES string of the molecule is CN=C(NCCNC(=O)C1CCCCC1)NC(C)CCC(C)C.I. The molecule has 1 rings (SSSR count). The summed E-state index contributed by atoms with van der Waals surface area (Å²) in [5.74, 6) is 1.99. The van der Waals surface area contributed by atoms with Crippen LogP contribution in [-0.4, -0.2) is 38.0 Å². The molecule has 0 heterocycles. The third-order valence-electron chi connectivity index (χ3n) is 4.48. The van der Waals surface area contributed by atoms with E-state index >= 15 is 0 Å². The smallest absolute Gasteiger partial charge is 0.223 e. The van der Waals surface area contributed by atoms with Crippen LogP contribution in [0.15, 0.2) is 4.99 Å². The van der Waals surface area contributed by atoms with Gasteiger partial charge in [0.05, 0.1) is 0 Å². The van der Waals surface area contributed by atoms with E-state index in [1.165, 1.54) is 25.7 Å². The van der Waals surface area contributed by atoms with Crippen LogP contribution in [0.1, 0.15) is 65.7 Å². The number of nitrogens with one attached hydrogen (secondary N) is 3. The second-order valence-corrected chi connectivity index (χ2v) is 7.14. The zero-order valence-electron chi connectivity index (χ0n) is 15.9. The molecule has 0 aliphatic heterocycles. The second kappa shape index (κ2) is 13.7. The fourth-order valence-corrected chi connectivity index (χ4v) is 2.96. The van der Waals surface area contributed by atoms with Crippen LogP contribution in [0.5, 0.6) is 0 Å². The van der Waals surface area contributed by atoms with E-state index in [9.17, 15) is 4.79 Å². The average Bonchev–Trinajstić information content (AvgIpc) is 2.56. The number of nitrogens with zero attached hydrogens (tertiary/aromatic N) is 1. The van der Waals surface area contributed by atoms with E-state index in [0.717, 1.165) is 31.1 Å². The Kier molecular flexibility index (Phi) is 13.4. The molecular weight excluding hydrogens is 415 g/mol. The van der Waals surface area contributed by atoms with Crippen molar-refractivity contribution in [3.05, 3.63) is 0 Å². The summed E-state index contributed by atoms with van der Waals surface area (Å²) in [6.45, 7) is 8.02. The van der Waals surface area contributed by atoms with Crippen LogP contribution in [0, 0.1) is 11.8 Å². The van der Waals surface area contributed by atoms with Crippen molar-refractivity contribution in [1.29, 1.82) is 0 Å². The quantitative estimate of drug-likeness (QED) is 0.229. The molecule has 1 amide bonds. The Morgan fingerprint density at radius 1 is 1.04 bits per heavy atom. The second-order valence-electron chi connectivity index (χ2n) is 7.14. The van der Waals surface area contributed by atoms with Crippen LogP contribution in [0.25, 0.3) is 0 Å². The third-order valence-corrected chi connectivity index (χ3v) is 4.48. The molecule has 0 radical (unpaired) electrons. The summed E-state index contributed by atoms with van der Waals surface area (Å²) in [4.78, 5) is 16.3. The van der Waals surface area contributed by atoms with Gasteiger partial charge < -0.3 is 16.0 Å². The number of guanidine groups is 1. The highest BCUT2D eigenvalue weighted by Crippen LogP contribution is 2.23. The first-order valence-corrected chi connectivity index (χ1v) is 9.27. The van der Waals surface area contributed by atoms with E-state index < -0.39 is 0 Å². The monoisotopic (exact) mass is 452 g/mol. The van der Waals surface area contributed by atoms with Gasteiger partial charge in [-0.05, 0) is 38.5 Å². The zero-order valence-corrected chi connectivity index (χ0v) is 18.2. The third kappa shape index (κ3) is 10.4. The molecule has 142 valence electrons. The van der Waals surface area contributed by atoms with Gasteiger partial charge in [0.15, 0.2) is 5.96 Å². The molecule has 6 heteroatoms. The van der Waals surface area contributed by atoms with Gasteiger partial charge in [-0.25, -0.2) is 0 Å². The highest BCUT2D eigenvalue weighted by atomic mass is 127. The van der Waals surface area contributed by atoms with Gasteiger partial charge in [-0.2, -0.15) is 0 Å². The summed E-state index contributed by atoms with van der Waals surface area (Å²) in [6.07, 6.45) is 8.12. The summed E-state index contributed by atoms with van der Waals surface area (Å²) >= 11 is 0. The lowest BCUT2D eigenvalue weighted by atomic mass is 9.89. The Morgan fingerprint density at radius 3 is 2.25 bits per heavy atom. The lowest BCUT2D eigenvalue weighted by Crippen LogP contribution is -2.45. The number of carbonyl (C=O) groups excluding carboxylic acids is 1. The standard InChI is InChI=1S/C18H36N4O.HI/c1-14(2)10-11-15(3)22-18(19-4)21-13-12-20-17(23)16-8-6-5-7-9-16;/h14-16H,5-13H2,1-4H3,(H,20,23)(H2,19,21,22);1H. The van der Waals surface area contributed by atoms with Crippen LogP contribution in [0.2, 0.25) is 0 Å². The molecule has 1 saturated carbocycles. The normalized spacial score (nSPS) is 17.1. The molecule has 0 saturated heterocycles. The summed E-state index contributed by atoms with van der Waals surface area (Å²) in [5.41, 5.74) is 0. The first-order valence-electron chi connectivity index (χ1n) is 9.27. The van der Waals surface area contributed by atoms with Crippen molar-refractivity contribution in [3.8, 4) is 0 Å². The maximum Gasteiger partial charge on any atom is 0.223 e. The molecule has 0 bridgehead atoms. The fourth-order valence-electron chi connectivity index (χ4n) is 2.96. The summed E-state index contributed by atoms with van der Waals surface area (Å²) in [5, 5.41) is 9.71. The van der Waals surface area contributed by atoms with Crippen LogP contribution >= 0.6 is 24.0 Å². The molecule has 0 aromatic rings. The van der Waals surface area contributed by atoms with Gasteiger partial charge in [0, 0.05) is 32.1 Å². The number of amides is 1. The molecule has 1 aliphatic rings. The summed E-state index contributed by atoms with van der Waals surface area (Å²) in [7, 11) is 1.78. The molecule has 0 spiro atoms. The minimum absolute atomic E-state index is 0. The van der Waals surface area contributed by atoms with Crippen LogP contribution in [0.3, 0.4) is 0 Å². The van der Waals surface area contributed by atoms with Crippen molar-refractivity contribution in [3.63, 3.8) is 0 Å². The van der Waals surface area contributed by atoms with E-state index in [0.29, 0.717) is 19.1 Å². The first kappa shape index (κ1) is 23.5. The highest BCUT2D eigenvalue weighted by Gasteiger charge is 2.20. The minimum atomic E-state index is 0. The van der Waals surface area contributed by atoms with E-state index in [1.807, 2.05) is 0 Å². The van der Waals surface area contributed by atoms with Crippen LogP contribution in [0.4, 0.5) is 0 Å². The molecule has 0 aromatic carbocycles. The predicted molar refractivity (Wildman–Crippen MR) is 113 cm³/mol. The van der Waals surface area contributed by atoms with E-state index in [2.05, 4.69) is 41.7 Å². The number of rotatable bonds is 8. The van der Waals surface area contributed by atoms with Crippen molar-refractivity contribution in [2.75, 3.05) is 20.1 Å². The van der Waals surface area contributed by atoms with Gasteiger partial charge in [0.2, 0.25) is 5.91 Å². The highest BCUT2D eigenvalue weighted by molar-refractivity contribution is 14.0. The summed E-state index contributed by atoms with van der Waals surface area (Å²) in [6, 6.07) is 0.403. The maximum absolute atomic E-state index is 12.1. The number of hydrogen-bond acceptors (Lipinski definition) is 2. The number of aliphatic imine (C=N–C) groups is 1. The lowest BCUT2D eigenvalue weighted by molar-refractivity contribution is -0.125. The molecule has 3 N–H and O–H groups in total. The van der Waals surface area contributed by atoms with Crippen molar-refractivity contribution in [2.45, 2.75) is 71.8 Å². The van der Waals surface area contributed by atoms with Crippen LogP contribution < -0.4 is 16.0 Å². The molecule has 5 nitrogen and oxygen atoms in total. The predicted octanol–water partition coefficient (Wildman–Crippen LogP) is 3.29. The van der Waals surface area contributed by atoms with Gasteiger partial charge >= 0.3 is 0 Å². The molecule has 1 fully saturated rings. The zero-order chi connectivity index (χ0) is 17.1. The Bertz CT molecular complexity index is 368. The van der Waals surface area contributed by atoms with Crippen molar-refractivity contribution >= 4 is 35.8 Å². The molecule has 1 atom stereocenters. The number of hydrogen-bond donors (Lipinski definition) is 3. The van der Waals surface area contributed by atoms with Crippen molar-refractivity contribution < 1.29 is 4.79 Å². The summed E-state index contributed by atoms with van der Waals surface area (Å²) < 4.78 is 0. The maximum atomic E-state index is 12.1. The Morgan fingerprint density at radius 2 is 1.67 bits per heavy atom. The minimum Gasteiger partial charge on any atom is -0.355 e. The topological polar surface area (TPSA) is 65.5 Å². The van der Waals surface area contributed by atoms with Gasteiger partial charge in [0.25, 0.3) is 0 Å². The first-order chi connectivity index (χ1) is 11.0. The van der Waals surface area contributed by atoms with Gasteiger partial charge in [0.1, 0.15) is 0 Å². The molecular formula is C18H37IN4O. The Balaban J connectivity index is 0.00000529. The van der Waals surface area contributed by atoms with Gasteiger partial charge in [-0.1, -0.05) is 33.1 Å². The van der Waals surface area contributed by atoms with E-state index in [4.69, 9.17) is 0 Å². The Labute approximate surface area is 165 Å². The van der Waals surface area contributed by atoms with Gasteiger partial charge in [-0.15, -0.1) is 24.0 Å². The van der Waals surface area contributed by atoms with E-state index in [1.54, 1.807) is 7.05 Å². The number of carbonyl (C=O) groups is 1. The Hall–Kier alpha value is -0.530. The van der Waals surface area contributed by atoms with Crippen molar-refractivity contribution in [2.24, 2.45) is 16.8 Å². The van der Waals surface area contributed by atoms with Crippen molar-refractivity contribution in [1.82, 2.24) is 16.0 Å². The van der Waals surface area contributed by atoms with Gasteiger partial charge in [-0.3, -0.25) is 9.79 Å².